The predicted molar refractivity (Wildman–Crippen MR) is 130 cm³/mol. The Morgan fingerprint density at radius 3 is 2.76 bits per heavy atom. The van der Waals surface area contributed by atoms with Crippen LogP contribution in [0.5, 0.6) is 5.88 Å². The maximum Gasteiger partial charge on any atom is 0.259 e. The first kappa shape index (κ1) is 24.4. The Hall–Kier alpha value is -2.77. The highest BCUT2D eigenvalue weighted by Gasteiger charge is 2.34. The van der Waals surface area contributed by atoms with Crippen molar-refractivity contribution >= 4 is 11.5 Å². The molecule has 0 fully saturated rings. The van der Waals surface area contributed by atoms with Crippen LogP contribution in [0.25, 0.3) is 5.57 Å². The molecular weight excluding hydrogens is 433 g/mol. The second-order valence-corrected chi connectivity index (χ2v) is 9.64. The fourth-order valence-electron chi connectivity index (χ4n) is 4.70. The van der Waals surface area contributed by atoms with E-state index < -0.39 is 0 Å². The molecule has 1 aromatic carbocycles. The van der Waals surface area contributed by atoms with Crippen LogP contribution in [-0.2, 0) is 6.54 Å². The Morgan fingerprint density at radius 1 is 1.32 bits per heavy atom. The van der Waals surface area contributed by atoms with Gasteiger partial charge in [-0.1, -0.05) is 25.1 Å². The van der Waals surface area contributed by atoms with Crippen molar-refractivity contribution < 1.29 is 19.0 Å². The van der Waals surface area contributed by atoms with E-state index in [0.29, 0.717) is 31.1 Å². The second kappa shape index (κ2) is 10.7. The molecule has 0 saturated carbocycles. The summed E-state index contributed by atoms with van der Waals surface area (Å²) in [6.45, 7) is 5.55. The molecule has 2 aliphatic rings. The molecule has 0 bridgehead atoms. The number of pyridine rings is 1. The molecule has 1 amide bonds. The molecule has 0 saturated heterocycles. The molecule has 1 N–H and O–H groups in total. The van der Waals surface area contributed by atoms with Crippen molar-refractivity contribution in [3.8, 4) is 5.88 Å². The number of likely N-dealkylation sites (N-methyl/N-ethyl adjacent to an activating group) is 1. The minimum absolute atomic E-state index is 0.0146. The summed E-state index contributed by atoms with van der Waals surface area (Å²) in [7, 11) is 2.00. The van der Waals surface area contributed by atoms with Crippen molar-refractivity contribution in [2.75, 3.05) is 26.7 Å². The van der Waals surface area contributed by atoms with Gasteiger partial charge in [-0.25, -0.2) is 9.37 Å². The van der Waals surface area contributed by atoms with E-state index in [0.717, 1.165) is 30.4 Å². The molecular formula is C27H34FN3O3. The van der Waals surface area contributed by atoms with Gasteiger partial charge in [0.2, 0.25) is 5.88 Å². The molecule has 1 aliphatic carbocycles. The molecule has 34 heavy (non-hydrogen) atoms. The molecule has 1 aliphatic heterocycles. The van der Waals surface area contributed by atoms with Crippen LogP contribution in [0.15, 0.2) is 42.6 Å². The summed E-state index contributed by atoms with van der Waals surface area (Å²) in [4.78, 5) is 22.0. The number of benzene rings is 1. The van der Waals surface area contributed by atoms with Crippen molar-refractivity contribution in [3.63, 3.8) is 0 Å². The van der Waals surface area contributed by atoms with Gasteiger partial charge in [-0.2, -0.15) is 0 Å². The standard InChI is InChI=1S/C27H34FN3O3/c1-18-14-31(19(2)17-32)27(33)24-12-22(21-6-4-5-7-21)13-29-26(24)34-25(18)16-30(3)15-20-8-10-23(28)11-9-20/h6,8-13,18-19,25,32H,4-5,7,14-17H2,1-3H3/t18-,19+,25+/m1/s1. The molecule has 3 atom stereocenters. The number of rotatable bonds is 7. The minimum Gasteiger partial charge on any atom is -0.472 e. The van der Waals surface area contributed by atoms with Crippen molar-refractivity contribution in [1.29, 1.82) is 0 Å². The van der Waals surface area contributed by atoms with Gasteiger partial charge >= 0.3 is 0 Å². The molecule has 0 radical (unpaired) electrons. The maximum atomic E-state index is 13.5. The first-order chi connectivity index (χ1) is 16.4. The summed E-state index contributed by atoms with van der Waals surface area (Å²) in [5.74, 6) is -0.0500. The van der Waals surface area contributed by atoms with Crippen LogP contribution < -0.4 is 4.74 Å². The van der Waals surface area contributed by atoms with E-state index in [2.05, 4.69) is 22.9 Å². The Labute approximate surface area is 201 Å². The van der Waals surface area contributed by atoms with Gasteiger partial charge in [0.05, 0.1) is 12.6 Å². The van der Waals surface area contributed by atoms with Crippen LogP contribution in [0.1, 0.15) is 54.6 Å². The third kappa shape index (κ3) is 5.47. The summed E-state index contributed by atoms with van der Waals surface area (Å²) in [6.07, 6.45) is 6.94. The molecule has 4 rings (SSSR count). The van der Waals surface area contributed by atoms with E-state index in [1.165, 1.54) is 17.7 Å². The Bertz CT molecular complexity index is 1040. The highest BCUT2D eigenvalue weighted by atomic mass is 19.1. The predicted octanol–water partition coefficient (Wildman–Crippen LogP) is 4.14. The number of carbonyl (C=O) groups excluding carboxylic acids is 1. The van der Waals surface area contributed by atoms with E-state index in [9.17, 15) is 14.3 Å². The topological polar surface area (TPSA) is 65.9 Å². The van der Waals surface area contributed by atoms with Crippen LogP contribution >= 0.6 is 0 Å². The van der Waals surface area contributed by atoms with Crippen LogP contribution in [-0.4, -0.2) is 64.7 Å². The van der Waals surface area contributed by atoms with Crippen LogP contribution in [0.2, 0.25) is 0 Å². The number of allylic oxidation sites excluding steroid dienone is 2. The van der Waals surface area contributed by atoms with Crippen molar-refractivity contribution in [2.45, 2.75) is 51.8 Å². The number of hydrogen-bond donors (Lipinski definition) is 1. The monoisotopic (exact) mass is 467 g/mol. The van der Waals surface area contributed by atoms with Gasteiger partial charge in [0, 0.05) is 31.7 Å². The molecule has 2 aromatic rings. The van der Waals surface area contributed by atoms with Gasteiger partial charge in [0.25, 0.3) is 5.91 Å². The lowest BCUT2D eigenvalue weighted by molar-refractivity contribution is 0.0325. The first-order valence-electron chi connectivity index (χ1n) is 12.1. The number of halogens is 1. The fraction of sp³-hybridized carbons (Fsp3) is 0.481. The zero-order chi connectivity index (χ0) is 24.2. The van der Waals surface area contributed by atoms with Gasteiger partial charge in [-0.15, -0.1) is 0 Å². The molecule has 1 aromatic heterocycles. The average Bonchev–Trinajstić information content (AvgIpc) is 3.37. The van der Waals surface area contributed by atoms with Gasteiger partial charge in [-0.05, 0) is 68.1 Å². The highest BCUT2D eigenvalue weighted by Crippen LogP contribution is 2.32. The summed E-state index contributed by atoms with van der Waals surface area (Å²) in [5.41, 5.74) is 3.64. The zero-order valence-electron chi connectivity index (χ0n) is 20.2. The zero-order valence-corrected chi connectivity index (χ0v) is 20.2. The smallest absolute Gasteiger partial charge is 0.259 e. The molecule has 0 unspecified atom stereocenters. The van der Waals surface area contributed by atoms with E-state index >= 15 is 0 Å². The molecule has 7 heteroatoms. The summed E-state index contributed by atoms with van der Waals surface area (Å²) in [6, 6.07) is 8.09. The fourth-order valence-corrected chi connectivity index (χ4v) is 4.70. The van der Waals surface area contributed by atoms with Crippen molar-refractivity contribution in [2.24, 2.45) is 5.92 Å². The van der Waals surface area contributed by atoms with Gasteiger partial charge in [0.1, 0.15) is 17.5 Å². The summed E-state index contributed by atoms with van der Waals surface area (Å²) >= 11 is 0. The lowest BCUT2D eigenvalue weighted by Gasteiger charge is -2.37. The Morgan fingerprint density at radius 2 is 2.09 bits per heavy atom. The number of nitrogens with zero attached hydrogens (tertiary/aromatic N) is 3. The first-order valence-corrected chi connectivity index (χ1v) is 12.1. The average molecular weight is 468 g/mol. The Kier molecular flexibility index (Phi) is 7.63. The summed E-state index contributed by atoms with van der Waals surface area (Å²) < 4.78 is 19.7. The van der Waals surface area contributed by atoms with Gasteiger partial charge in [0.15, 0.2) is 0 Å². The van der Waals surface area contributed by atoms with Gasteiger partial charge in [-0.3, -0.25) is 9.69 Å². The molecule has 6 nitrogen and oxygen atoms in total. The third-order valence-electron chi connectivity index (χ3n) is 6.79. The third-order valence-corrected chi connectivity index (χ3v) is 6.79. The number of hydrogen-bond acceptors (Lipinski definition) is 5. The van der Waals surface area contributed by atoms with Crippen molar-refractivity contribution in [1.82, 2.24) is 14.8 Å². The number of amides is 1. The number of aliphatic hydroxyl groups is 1. The number of fused-ring (bicyclic) bond motifs is 1. The largest absolute Gasteiger partial charge is 0.472 e. The minimum atomic E-state index is -0.312. The number of aliphatic hydroxyl groups excluding tert-OH is 1. The van der Waals surface area contributed by atoms with Crippen molar-refractivity contribution in [3.05, 3.63) is 65.1 Å². The van der Waals surface area contributed by atoms with Gasteiger partial charge < -0.3 is 14.7 Å². The number of ether oxygens (including phenoxy) is 1. The van der Waals surface area contributed by atoms with Crippen LogP contribution in [0.4, 0.5) is 4.39 Å². The van der Waals surface area contributed by atoms with E-state index in [1.807, 2.05) is 20.0 Å². The van der Waals surface area contributed by atoms with Crippen LogP contribution in [0.3, 0.4) is 0 Å². The second-order valence-electron chi connectivity index (χ2n) is 9.64. The number of aromatic nitrogens is 1. The molecule has 0 spiro atoms. The lowest BCUT2D eigenvalue weighted by Crippen LogP contribution is -2.49. The van der Waals surface area contributed by atoms with E-state index in [-0.39, 0.29) is 36.4 Å². The maximum absolute atomic E-state index is 13.5. The SMILES string of the molecule is C[C@@H]1CN([C@@H](C)CO)C(=O)c2cc(C3=CCCC3)cnc2O[C@H]1CN(C)Cc1ccc(F)cc1. The molecule has 2 heterocycles. The Balaban J connectivity index is 1.61. The lowest BCUT2D eigenvalue weighted by atomic mass is 9.99. The quantitative estimate of drug-likeness (QED) is 0.663. The molecule has 182 valence electrons. The normalized spacial score (nSPS) is 21.5. The van der Waals surface area contributed by atoms with E-state index in [4.69, 9.17) is 4.74 Å². The summed E-state index contributed by atoms with van der Waals surface area (Å²) in [5, 5.41) is 9.84. The van der Waals surface area contributed by atoms with E-state index in [1.54, 1.807) is 23.2 Å². The highest BCUT2D eigenvalue weighted by molar-refractivity contribution is 5.97. The van der Waals surface area contributed by atoms with Crippen LogP contribution in [0, 0.1) is 11.7 Å². The number of carbonyl (C=O) groups is 1.